The molecule has 0 saturated heterocycles. The summed E-state index contributed by atoms with van der Waals surface area (Å²) in [7, 11) is 0. The predicted octanol–water partition coefficient (Wildman–Crippen LogP) is 11.9. The zero-order valence-electron chi connectivity index (χ0n) is 25.1. The van der Waals surface area contributed by atoms with Crippen LogP contribution in [0.3, 0.4) is 0 Å². The van der Waals surface area contributed by atoms with Gasteiger partial charge in [-0.3, -0.25) is 0 Å². The highest BCUT2D eigenvalue weighted by molar-refractivity contribution is 5.65. The van der Waals surface area contributed by atoms with Crippen LogP contribution in [0.25, 0.3) is 11.1 Å². The van der Waals surface area contributed by atoms with Gasteiger partial charge in [-0.25, -0.2) is 13.2 Å². The van der Waals surface area contributed by atoms with Gasteiger partial charge < -0.3 is 4.74 Å². The van der Waals surface area contributed by atoms with Crippen molar-refractivity contribution < 1.29 is 26.7 Å². The molecular weight excluding hydrogens is 555 g/mol. The zero-order valence-corrected chi connectivity index (χ0v) is 25.1. The molecule has 0 radical (unpaired) electrons. The molecule has 0 aromatic heterocycles. The first-order valence-electron chi connectivity index (χ1n) is 16.1. The third kappa shape index (κ3) is 7.80. The third-order valence-electron chi connectivity index (χ3n) is 9.85. The van der Waals surface area contributed by atoms with E-state index in [2.05, 4.69) is 31.2 Å². The molecule has 0 heterocycles. The summed E-state index contributed by atoms with van der Waals surface area (Å²) in [6, 6.07) is 16.0. The molecule has 0 atom stereocenters. The molecule has 0 aliphatic heterocycles. The Morgan fingerprint density at radius 2 is 1.35 bits per heavy atom. The van der Waals surface area contributed by atoms with E-state index in [-0.39, 0.29) is 28.4 Å². The largest absolute Gasteiger partial charge is 0.432 e. The van der Waals surface area contributed by atoms with Gasteiger partial charge in [-0.15, -0.1) is 0 Å². The van der Waals surface area contributed by atoms with Crippen LogP contribution < -0.4 is 4.74 Å². The van der Waals surface area contributed by atoms with Crippen LogP contribution in [-0.2, 0) is 6.67 Å². The fourth-order valence-corrected chi connectivity index (χ4v) is 7.13. The van der Waals surface area contributed by atoms with Gasteiger partial charge in [-0.1, -0.05) is 69.0 Å². The molecule has 0 N–H and O–H groups in total. The average molecular weight is 599 g/mol. The van der Waals surface area contributed by atoms with E-state index < -0.39 is 30.3 Å². The molecule has 2 saturated carbocycles. The SMILES string of the molecule is CCCCCC1CCC(c2ccc(C3CCC(C(F)(F)Oc4ccc(-c5ccc(CF)c(F)c5)c(F)c4)CC3)cc2)CC1. The summed E-state index contributed by atoms with van der Waals surface area (Å²) >= 11 is 0. The van der Waals surface area contributed by atoms with E-state index in [1.54, 1.807) is 0 Å². The molecule has 6 heteroatoms. The monoisotopic (exact) mass is 598 g/mol. The number of alkyl halides is 3. The van der Waals surface area contributed by atoms with Crippen molar-refractivity contribution >= 4 is 0 Å². The summed E-state index contributed by atoms with van der Waals surface area (Å²) in [6.45, 7) is 1.29. The minimum Gasteiger partial charge on any atom is -0.432 e. The van der Waals surface area contributed by atoms with E-state index in [0.717, 1.165) is 18.1 Å². The Bertz CT molecular complexity index is 1320. The molecule has 0 spiro atoms. The van der Waals surface area contributed by atoms with Crippen LogP contribution in [0.1, 0.15) is 112 Å². The Morgan fingerprint density at radius 1 is 0.721 bits per heavy atom. The lowest BCUT2D eigenvalue weighted by Gasteiger charge is -2.33. The molecule has 2 aliphatic rings. The minimum absolute atomic E-state index is 0.0293. The summed E-state index contributed by atoms with van der Waals surface area (Å²) in [5.74, 6) is -1.07. The van der Waals surface area contributed by atoms with Gasteiger partial charge in [0.05, 0.1) is 5.92 Å². The van der Waals surface area contributed by atoms with Gasteiger partial charge in [-0.2, -0.15) is 8.78 Å². The molecule has 3 aromatic carbocycles. The highest BCUT2D eigenvalue weighted by atomic mass is 19.3. The van der Waals surface area contributed by atoms with E-state index in [0.29, 0.717) is 31.6 Å². The van der Waals surface area contributed by atoms with Crippen LogP contribution in [0.5, 0.6) is 5.75 Å². The van der Waals surface area contributed by atoms with Crippen molar-refractivity contribution in [1.29, 1.82) is 0 Å². The summed E-state index contributed by atoms with van der Waals surface area (Å²) in [5.41, 5.74) is 2.72. The molecule has 232 valence electrons. The molecule has 0 amide bonds. The maximum absolute atomic E-state index is 15.2. The number of ether oxygens (including phenoxy) is 1. The number of hydrogen-bond acceptors (Lipinski definition) is 1. The first kappa shape index (κ1) is 31.5. The second-order valence-electron chi connectivity index (χ2n) is 12.7. The van der Waals surface area contributed by atoms with Crippen LogP contribution in [-0.4, -0.2) is 6.11 Å². The molecule has 0 unspecified atom stereocenters. The fourth-order valence-electron chi connectivity index (χ4n) is 7.13. The molecule has 5 rings (SSSR count). The van der Waals surface area contributed by atoms with Gasteiger partial charge in [0.1, 0.15) is 24.1 Å². The summed E-state index contributed by atoms with van der Waals surface area (Å²) < 4.78 is 76.9. The summed E-state index contributed by atoms with van der Waals surface area (Å²) in [4.78, 5) is 0. The van der Waals surface area contributed by atoms with Gasteiger partial charge >= 0.3 is 6.11 Å². The number of hydrogen-bond donors (Lipinski definition) is 0. The molecule has 2 fully saturated rings. The van der Waals surface area contributed by atoms with Gasteiger partial charge in [0.15, 0.2) is 0 Å². The lowest BCUT2D eigenvalue weighted by Crippen LogP contribution is -2.37. The first-order chi connectivity index (χ1) is 20.8. The van der Waals surface area contributed by atoms with Gasteiger partial charge in [-0.05, 0) is 104 Å². The quantitative estimate of drug-likeness (QED) is 0.158. The highest BCUT2D eigenvalue weighted by Crippen LogP contribution is 2.44. The smallest absolute Gasteiger partial charge is 0.400 e. The Labute approximate surface area is 252 Å². The van der Waals surface area contributed by atoms with Crippen molar-refractivity contribution in [2.75, 3.05) is 0 Å². The second-order valence-corrected chi connectivity index (χ2v) is 12.7. The Balaban J connectivity index is 1.12. The fraction of sp³-hybridized carbons (Fsp3) is 0.514. The van der Waals surface area contributed by atoms with Gasteiger partial charge in [0.25, 0.3) is 0 Å². The molecule has 43 heavy (non-hydrogen) atoms. The Kier molecular flexibility index (Phi) is 10.5. The van der Waals surface area contributed by atoms with Crippen LogP contribution in [0, 0.1) is 23.5 Å². The van der Waals surface area contributed by atoms with Crippen LogP contribution >= 0.6 is 0 Å². The molecular formula is C37H43F5O. The van der Waals surface area contributed by atoms with Crippen LogP contribution in [0.2, 0.25) is 0 Å². The normalized spacial score (nSPS) is 22.8. The predicted molar refractivity (Wildman–Crippen MR) is 162 cm³/mol. The maximum atomic E-state index is 15.2. The third-order valence-corrected chi connectivity index (χ3v) is 9.85. The van der Waals surface area contributed by atoms with Crippen molar-refractivity contribution in [2.45, 2.75) is 109 Å². The topological polar surface area (TPSA) is 9.23 Å². The molecule has 3 aromatic rings. The van der Waals surface area contributed by atoms with Gasteiger partial charge in [0, 0.05) is 17.2 Å². The summed E-state index contributed by atoms with van der Waals surface area (Å²) in [6.07, 6.45) is 9.02. The minimum atomic E-state index is -3.44. The zero-order chi connectivity index (χ0) is 30.4. The van der Waals surface area contributed by atoms with Crippen LogP contribution in [0.15, 0.2) is 60.7 Å². The van der Waals surface area contributed by atoms with Crippen molar-refractivity contribution in [3.8, 4) is 16.9 Å². The number of benzene rings is 3. The summed E-state index contributed by atoms with van der Waals surface area (Å²) in [5, 5.41) is 0. The van der Waals surface area contributed by atoms with Crippen molar-refractivity contribution in [3.05, 3.63) is 89.0 Å². The van der Waals surface area contributed by atoms with E-state index in [1.165, 1.54) is 86.8 Å². The number of halogens is 5. The first-order valence-corrected chi connectivity index (χ1v) is 16.1. The average Bonchev–Trinajstić information content (AvgIpc) is 3.01. The standard InChI is InChI=1S/C37H43F5O/c1-2-3-4-5-25-6-8-26(9-7-25)27-10-12-28(13-11-27)29-16-18-32(19-17-29)37(41,42)43-33-20-21-34(36(40)23-33)30-14-15-31(24-38)35(39)22-30/h10-15,20-23,25-26,29,32H,2-9,16-19,24H2,1H3. The van der Waals surface area contributed by atoms with Crippen LogP contribution in [0.4, 0.5) is 22.0 Å². The number of unbranched alkanes of at least 4 members (excludes halogenated alkanes) is 2. The molecule has 0 bridgehead atoms. The maximum Gasteiger partial charge on any atom is 0.400 e. The van der Waals surface area contributed by atoms with E-state index in [1.807, 2.05) is 0 Å². The Morgan fingerprint density at radius 3 is 1.91 bits per heavy atom. The van der Waals surface area contributed by atoms with Crippen molar-refractivity contribution in [1.82, 2.24) is 0 Å². The van der Waals surface area contributed by atoms with Crippen molar-refractivity contribution in [3.63, 3.8) is 0 Å². The number of rotatable bonds is 11. The van der Waals surface area contributed by atoms with Gasteiger partial charge in [0.2, 0.25) is 0 Å². The van der Waals surface area contributed by atoms with E-state index in [4.69, 9.17) is 4.74 Å². The van der Waals surface area contributed by atoms with E-state index >= 15 is 8.78 Å². The molecule has 2 aliphatic carbocycles. The highest BCUT2D eigenvalue weighted by Gasteiger charge is 2.44. The Hall–Kier alpha value is -2.89. The lowest BCUT2D eigenvalue weighted by molar-refractivity contribution is -0.222. The lowest BCUT2D eigenvalue weighted by atomic mass is 9.75. The molecule has 1 nitrogen and oxygen atoms in total. The second kappa shape index (κ2) is 14.3. The van der Waals surface area contributed by atoms with Crippen molar-refractivity contribution in [2.24, 2.45) is 11.8 Å². The van der Waals surface area contributed by atoms with E-state index in [9.17, 15) is 13.2 Å².